The second-order valence-corrected chi connectivity index (χ2v) is 8.47. The summed E-state index contributed by atoms with van der Waals surface area (Å²) in [6, 6.07) is 0. The number of thiazole rings is 1. The first-order chi connectivity index (χ1) is 13.3. The van der Waals surface area contributed by atoms with Gasteiger partial charge in [0.15, 0.2) is 5.13 Å². The number of hydrogen-bond donors (Lipinski definition) is 2. The molecule has 156 valence electrons. The van der Waals surface area contributed by atoms with Gasteiger partial charge in [-0.15, -0.1) is 11.3 Å². The van der Waals surface area contributed by atoms with Gasteiger partial charge in [0.05, 0.1) is 12.6 Å². The van der Waals surface area contributed by atoms with Crippen molar-refractivity contribution in [2.24, 2.45) is 0 Å². The zero-order chi connectivity index (χ0) is 20.6. The number of nitrogens with one attached hydrogen (secondary N) is 2. The average molecular weight is 411 g/mol. The molecule has 0 aliphatic carbocycles. The smallest absolute Gasteiger partial charge is 0.240 e. The molecule has 1 aromatic heterocycles. The number of anilines is 1. The number of ether oxygens (including phenoxy) is 1. The average Bonchev–Trinajstić information content (AvgIpc) is 3.32. The van der Waals surface area contributed by atoms with Crippen molar-refractivity contribution in [1.82, 2.24) is 15.2 Å². The molecule has 1 fully saturated rings. The molecule has 2 heterocycles. The minimum atomic E-state index is -0.330. The van der Waals surface area contributed by atoms with Crippen LogP contribution in [0.4, 0.5) is 5.13 Å². The lowest BCUT2D eigenvalue weighted by Crippen LogP contribution is -2.49. The van der Waals surface area contributed by atoms with Crippen LogP contribution in [-0.2, 0) is 19.1 Å². The zero-order valence-electron chi connectivity index (χ0n) is 16.8. The summed E-state index contributed by atoms with van der Waals surface area (Å²) >= 11 is 1.32. The summed E-state index contributed by atoms with van der Waals surface area (Å²) in [5.74, 6) is -0.698. The van der Waals surface area contributed by atoms with Crippen LogP contribution in [0.3, 0.4) is 0 Å². The Morgan fingerprint density at radius 3 is 2.71 bits per heavy atom. The topological polar surface area (TPSA) is 101 Å². The first-order valence-electron chi connectivity index (χ1n) is 9.69. The van der Waals surface area contributed by atoms with E-state index in [1.54, 1.807) is 11.6 Å². The molecule has 8 nitrogen and oxygen atoms in total. The van der Waals surface area contributed by atoms with Gasteiger partial charge in [0.1, 0.15) is 0 Å². The summed E-state index contributed by atoms with van der Waals surface area (Å²) in [7, 11) is 0. The van der Waals surface area contributed by atoms with Crippen LogP contribution in [0, 0.1) is 0 Å². The van der Waals surface area contributed by atoms with Gasteiger partial charge in [-0.1, -0.05) is 6.92 Å². The zero-order valence-corrected chi connectivity index (χ0v) is 17.6. The third-order valence-electron chi connectivity index (χ3n) is 4.74. The Balaban J connectivity index is 1.90. The van der Waals surface area contributed by atoms with Crippen molar-refractivity contribution in [1.29, 1.82) is 0 Å². The third-order valence-corrected chi connectivity index (χ3v) is 5.43. The monoisotopic (exact) mass is 410 g/mol. The summed E-state index contributed by atoms with van der Waals surface area (Å²) in [5, 5.41) is 7.89. The lowest BCUT2D eigenvalue weighted by Gasteiger charge is -2.29. The van der Waals surface area contributed by atoms with Crippen molar-refractivity contribution in [3.63, 3.8) is 0 Å². The quantitative estimate of drug-likeness (QED) is 0.616. The van der Waals surface area contributed by atoms with Crippen LogP contribution in [0.5, 0.6) is 0 Å². The molecular formula is C19H30N4O4S. The molecule has 0 saturated carbocycles. The van der Waals surface area contributed by atoms with Crippen LogP contribution in [0.1, 0.15) is 52.9 Å². The highest BCUT2D eigenvalue weighted by atomic mass is 32.1. The van der Waals surface area contributed by atoms with Gasteiger partial charge < -0.3 is 20.3 Å². The van der Waals surface area contributed by atoms with Crippen LogP contribution in [0.15, 0.2) is 11.6 Å². The van der Waals surface area contributed by atoms with E-state index in [2.05, 4.69) is 15.6 Å². The van der Waals surface area contributed by atoms with E-state index in [1.807, 2.05) is 20.8 Å². The fourth-order valence-electron chi connectivity index (χ4n) is 2.81. The number of rotatable bonds is 10. The van der Waals surface area contributed by atoms with E-state index in [9.17, 15) is 14.4 Å². The number of carbonyl (C=O) groups is 3. The Morgan fingerprint density at radius 2 is 2.11 bits per heavy atom. The van der Waals surface area contributed by atoms with E-state index in [0.29, 0.717) is 18.3 Å². The Morgan fingerprint density at radius 1 is 1.32 bits per heavy atom. The molecule has 2 N–H and O–H groups in total. The standard InChI is InChI=1S/C19H30N4O4S/c1-4-19(2,3)22-16(25)13-23(12-14-6-5-10-27-14)17(26)8-7-15(24)21-18-20-9-11-28-18/h9,11,14H,4-8,10,12-13H2,1-3H3,(H,22,25)(H,20,21,24)/t14-/m0/s1. The molecule has 0 aromatic carbocycles. The fraction of sp³-hybridized carbons (Fsp3) is 0.684. The third kappa shape index (κ3) is 7.55. The Bertz CT molecular complexity index is 657. The van der Waals surface area contributed by atoms with Gasteiger partial charge in [0, 0.05) is 43.1 Å². The largest absolute Gasteiger partial charge is 0.376 e. The molecule has 1 atom stereocenters. The molecule has 0 spiro atoms. The van der Waals surface area contributed by atoms with Crippen molar-refractivity contribution >= 4 is 34.2 Å². The second kappa shape index (κ2) is 10.5. The molecule has 0 radical (unpaired) electrons. The molecule has 1 aromatic rings. The molecule has 1 aliphatic heterocycles. The van der Waals surface area contributed by atoms with Gasteiger partial charge in [-0.05, 0) is 33.1 Å². The van der Waals surface area contributed by atoms with Gasteiger partial charge >= 0.3 is 0 Å². The minimum absolute atomic E-state index is 0.0315. The van der Waals surface area contributed by atoms with Crippen LogP contribution < -0.4 is 10.6 Å². The van der Waals surface area contributed by atoms with E-state index in [0.717, 1.165) is 19.3 Å². The molecule has 1 saturated heterocycles. The maximum Gasteiger partial charge on any atom is 0.240 e. The van der Waals surface area contributed by atoms with Gasteiger partial charge in [0.2, 0.25) is 17.7 Å². The SMILES string of the molecule is CCC(C)(C)NC(=O)CN(C[C@@H]1CCCO1)C(=O)CCC(=O)Nc1nccs1. The van der Waals surface area contributed by atoms with Gasteiger partial charge in [-0.25, -0.2) is 4.98 Å². The van der Waals surface area contributed by atoms with Gasteiger partial charge in [0.25, 0.3) is 0 Å². The van der Waals surface area contributed by atoms with Gasteiger partial charge in [-0.2, -0.15) is 0 Å². The highest BCUT2D eigenvalue weighted by molar-refractivity contribution is 7.13. The number of aromatic nitrogens is 1. The van der Waals surface area contributed by atoms with Crippen molar-refractivity contribution in [3.05, 3.63) is 11.6 Å². The predicted octanol–water partition coefficient (Wildman–Crippen LogP) is 2.17. The summed E-state index contributed by atoms with van der Waals surface area (Å²) in [6.45, 7) is 6.90. The number of nitrogens with zero attached hydrogens (tertiary/aromatic N) is 2. The Hall–Kier alpha value is -2.00. The van der Waals surface area contributed by atoms with E-state index < -0.39 is 0 Å². The fourth-order valence-corrected chi connectivity index (χ4v) is 3.36. The van der Waals surface area contributed by atoms with E-state index >= 15 is 0 Å². The molecule has 0 unspecified atom stereocenters. The molecule has 9 heteroatoms. The van der Waals surface area contributed by atoms with Crippen molar-refractivity contribution < 1.29 is 19.1 Å². The van der Waals surface area contributed by atoms with Crippen molar-refractivity contribution in [2.75, 3.05) is 25.0 Å². The first kappa shape index (κ1) is 22.3. The summed E-state index contributed by atoms with van der Waals surface area (Å²) in [6.07, 6.45) is 4.24. The highest BCUT2D eigenvalue weighted by Crippen LogP contribution is 2.15. The summed E-state index contributed by atoms with van der Waals surface area (Å²) < 4.78 is 5.62. The van der Waals surface area contributed by atoms with Crippen LogP contribution in [0.25, 0.3) is 0 Å². The number of carbonyl (C=O) groups excluding carboxylic acids is 3. The molecule has 1 aliphatic rings. The van der Waals surface area contributed by atoms with Crippen molar-refractivity contribution in [3.8, 4) is 0 Å². The lowest BCUT2D eigenvalue weighted by molar-refractivity contribution is -0.138. The lowest BCUT2D eigenvalue weighted by atomic mass is 10.0. The number of hydrogen-bond acceptors (Lipinski definition) is 6. The van der Waals surface area contributed by atoms with E-state index in [1.165, 1.54) is 16.2 Å². The molecular weight excluding hydrogens is 380 g/mol. The van der Waals surface area contributed by atoms with E-state index in [-0.39, 0.29) is 48.8 Å². The maximum atomic E-state index is 12.7. The van der Waals surface area contributed by atoms with Crippen molar-refractivity contribution in [2.45, 2.75) is 64.5 Å². The second-order valence-electron chi connectivity index (χ2n) is 7.58. The Labute approximate surface area is 170 Å². The van der Waals surface area contributed by atoms with Crippen LogP contribution in [-0.4, -0.2) is 58.9 Å². The minimum Gasteiger partial charge on any atom is -0.376 e. The molecule has 2 rings (SSSR count). The first-order valence-corrected chi connectivity index (χ1v) is 10.6. The summed E-state index contributed by atoms with van der Waals surface area (Å²) in [4.78, 5) is 42.6. The molecule has 0 bridgehead atoms. The van der Waals surface area contributed by atoms with Gasteiger partial charge in [-0.3, -0.25) is 14.4 Å². The predicted molar refractivity (Wildman–Crippen MR) is 108 cm³/mol. The molecule has 28 heavy (non-hydrogen) atoms. The maximum absolute atomic E-state index is 12.7. The Kier molecular flexibility index (Phi) is 8.37. The van der Waals surface area contributed by atoms with E-state index in [4.69, 9.17) is 4.74 Å². The molecule has 3 amide bonds. The highest BCUT2D eigenvalue weighted by Gasteiger charge is 2.26. The summed E-state index contributed by atoms with van der Waals surface area (Å²) in [5.41, 5.74) is -0.330. The number of amides is 3. The van der Waals surface area contributed by atoms with Crippen LogP contribution in [0.2, 0.25) is 0 Å². The normalized spacial score (nSPS) is 16.6. The van der Waals surface area contributed by atoms with Crippen LogP contribution >= 0.6 is 11.3 Å².